The lowest BCUT2D eigenvalue weighted by molar-refractivity contribution is -0.181. The molecule has 0 aromatic heterocycles. The predicted molar refractivity (Wildman–Crippen MR) is 35.8 cm³/mol. The van der Waals surface area contributed by atoms with E-state index in [0.717, 1.165) is 0 Å². The second kappa shape index (κ2) is 4.83. The maximum atomic E-state index is 12.2. The molecule has 0 radical (unpaired) electrons. The quantitative estimate of drug-likeness (QED) is 0.695. The van der Waals surface area contributed by atoms with Crippen LogP contribution in [0.2, 0.25) is 0 Å². The van der Waals surface area contributed by atoms with Crippen LogP contribution in [0.15, 0.2) is 0 Å². The maximum Gasteiger partial charge on any atom is 0.330 e. The molecular formula is C6H9F6NO. The largest absolute Gasteiger partial charge is 0.369 e. The molecule has 0 unspecified atom stereocenters. The zero-order valence-electron chi connectivity index (χ0n) is 6.95. The molecule has 0 aliphatic heterocycles. The average molecular weight is 225 g/mol. The third-order valence-electron chi connectivity index (χ3n) is 1.23. The van der Waals surface area contributed by atoms with Crippen LogP contribution in [0.3, 0.4) is 0 Å². The van der Waals surface area contributed by atoms with Crippen LogP contribution in [-0.2, 0) is 4.74 Å². The molecule has 8 heteroatoms. The fourth-order valence-corrected chi connectivity index (χ4v) is 0.458. The summed E-state index contributed by atoms with van der Waals surface area (Å²) in [5, 5.41) is 0. The van der Waals surface area contributed by atoms with Crippen molar-refractivity contribution >= 4 is 0 Å². The first-order chi connectivity index (χ1) is 6.21. The van der Waals surface area contributed by atoms with Crippen LogP contribution in [0.5, 0.6) is 0 Å². The number of hydrogen-bond acceptors (Lipinski definition) is 2. The van der Waals surface area contributed by atoms with Crippen LogP contribution in [-0.4, -0.2) is 38.0 Å². The van der Waals surface area contributed by atoms with Crippen molar-refractivity contribution in [3.05, 3.63) is 0 Å². The van der Waals surface area contributed by atoms with Crippen LogP contribution in [0, 0.1) is 0 Å². The molecular weight excluding hydrogens is 216 g/mol. The lowest BCUT2D eigenvalue weighted by Crippen LogP contribution is -2.38. The second-order valence-corrected chi connectivity index (χ2v) is 2.61. The molecule has 14 heavy (non-hydrogen) atoms. The van der Waals surface area contributed by atoms with Crippen molar-refractivity contribution in [1.29, 1.82) is 0 Å². The van der Waals surface area contributed by atoms with Crippen molar-refractivity contribution in [3.8, 4) is 0 Å². The Kier molecular flexibility index (Phi) is 4.66. The van der Waals surface area contributed by atoms with E-state index in [-0.39, 0.29) is 0 Å². The fourth-order valence-electron chi connectivity index (χ4n) is 0.458. The smallest absolute Gasteiger partial charge is 0.330 e. The van der Waals surface area contributed by atoms with E-state index in [1.54, 1.807) is 0 Å². The van der Waals surface area contributed by atoms with Crippen LogP contribution in [0.25, 0.3) is 0 Å². The van der Waals surface area contributed by atoms with Crippen molar-refractivity contribution in [1.82, 2.24) is 0 Å². The van der Waals surface area contributed by atoms with E-state index in [0.29, 0.717) is 0 Å². The first-order valence-corrected chi connectivity index (χ1v) is 3.53. The van der Waals surface area contributed by atoms with Gasteiger partial charge in [-0.15, -0.1) is 0 Å². The molecule has 0 aromatic rings. The van der Waals surface area contributed by atoms with Gasteiger partial charge in [-0.2, -0.15) is 8.78 Å². The van der Waals surface area contributed by atoms with Gasteiger partial charge in [0.15, 0.2) is 0 Å². The number of alkyl halides is 6. The Balaban J connectivity index is 3.85. The topological polar surface area (TPSA) is 35.2 Å². The minimum absolute atomic E-state index is 1.09. The van der Waals surface area contributed by atoms with Crippen LogP contribution >= 0.6 is 0 Å². The van der Waals surface area contributed by atoms with Crippen molar-refractivity contribution in [2.24, 2.45) is 5.73 Å². The summed E-state index contributed by atoms with van der Waals surface area (Å²) >= 11 is 0. The molecule has 0 heterocycles. The highest BCUT2D eigenvalue weighted by atomic mass is 19.3. The van der Waals surface area contributed by atoms with E-state index in [1.807, 2.05) is 0 Å². The highest BCUT2D eigenvalue weighted by Gasteiger charge is 2.42. The van der Waals surface area contributed by atoms with Gasteiger partial charge in [-0.1, -0.05) is 0 Å². The molecule has 0 atom stereocenters. The zero-order valence-corrected chi connectivity index (χ0v) is 6.95. The summed E-state index contributed by atoms with van der Waals surface area (Å²) in [4.78, 5) is 0. The summed E-state index contributed by atoms with van der Waals surface area (Å²) in [5.41, 5.74) is 4.55. The Morgan fingerprint density at radius 1 is 1.07 bits per heavy atom. The molecule has 0 amide bonds. The SMILES string of the molecule is NCC(F)(F)COCC(F)(F)C(F)F. The van der Waals surface area contributed by atoms with Crippen LogP contribution < -0.4 is 5.73 Å². The molecule has 0 bridgehead atoms. The lowest BCUT2D eigenvalue weighted by Gasteiger charge is -2.18. The number of halogens is 6. The minimum atomic E-state index is -4.41. The van der Waals surface area contributed by atoms with E-state index in [4.69, 9.17) is 0 Å². The molecule has 0 saturated carbocycles. The summed E-state index contributed by atoms with van der Waals surface area (Å²) in [6, 6.07) is 0. The van der Waals surface area contributed by atoms with Crippen molar-refractivity contribution in [2.45, 2.75) is 18.3 Å². The minimum Gasteiger partial charge on any atom is -0.369 e. The van der Waals surface area contributed by atoms with Gasteiger partial charge in [-0.3, -0.25) is 0 Å². The fraction of sp³-hybridized carbons (Fsp3) is 1.00. The Morgan fingerprint density at radius 2 is 1.57 bits per heavy atom. The van der Waals surface area contributed by atoms with Gasteiger partial charge in [-0.05, 0) is 0 Å². The number of nitrogens with two attached hydrogens (primary N) is 1. The third-order valence-corrected chi connectivity index (χ3v) is 1.23. The Labute approximate surface area is 76.0 Å². The standard InChI is InChI=1S/C6H9F6NO/c7-4(8)6(11,12)3-14-2-5(9,10)1-13/h4H,1-3,13H2. The highest BCUT2D eigenvalue weighted by Crippen LogP contribution is 2.23. The molecule has 2 nitrogen and oxygen atoms in total. The van der Waals surface area contributed by atoms with E-state index >= 15 is 0 Å². The molecule has 0 fully saturated rings. The van der Waals surface area contributed by atoms with Gasteiger partial charge in [0.25, 0.3) is 5.92 Å². The van der Waals surface area contributed by atoms with Gasteiger partial charge < -0.3 is 10.5 Å². The van der Waals surface area contributed by atoms with Crippen molar-refractivity contribution < 1.29 is 31.1 Å². The third kappa shape index (κ3) is 4.66. The normalized spacial score (nSPS) is 13.7. The molecule has 2 N–H and O–H groups in total. The molecule has 0 spiro atoms. The van der Waals surface area contributed by atoms with Gasteiger partial charge in [0, 0.05) is 0 Å². The Bertz CT molecular complexity index is 174. The first kappa shape index (κ1) is 13.5. The molecule has 0 aliphatic rings. The Morgan fingerprint density at radius 3 is 1.93 bits per heavy atom. The van der Waals surface area contributed by atoms with E-state index < -0.39 is 38.0 Å². The molecule has 0 rings (SSSR count). The van der Waals surface area contributed by atoms with Gasteiger partial charge in [0.05, 0.1) is 6.54 Å². The monoisotopic (exact) mass is 225 g/mol. The summed E-state index contributed by atoms with van der Waals surface area (Å²) in [6.45, 7) is -4.24. The number of rotatable bonds is 6. The summed E-state index contributed by atoms with van der Waals surface area (Å²) in [6.07, 6.45) is -3.94. The summed E-state index contributed by atoms with van der Waals surface area (Å²) in [5.74, 6) is -7.89. The average Bonchev–Trinajstić information content (AvgIpc) is 2.03. The molecule has 0 aliphatic carbocycles. The van der Waals surface area contributed by atoms with Gasteiger partial charge in [-0.25, -0.2) is 17.6 Å². The summed E-state index contributed by atoms with van der Waals surface area (Å²) in [7, 11) is 0. The maximum absolute atomic E-state index is 12.2. The first-order valence-electron chi connectivity index (χ1n) is 3.53. The van der Waals surface area contributed by atoms with Crippen LogP contribution in [0.1, 0.15) is 0 Å². The van der Waals surface area contributed by atoms with E-state index in [2.05, 4.69) is 10.5 Å². The predicted octanol–water partition coefficient (Wildman–Crippen LogP) is 1.50. The highest BCUT2D eigenvalue weighted by molar-refractivity contribution is 4.70. The molecule has 0 saturated heterocycles. The lowest BCUT2D eigenvalue weighted by atomic mass is 10.3. The van der Waals surface area contributed by atoms with Gasteiger partial charge in [0.2, 0.25) is 0 Å². The number of ether oxygens (including phenoxy) is 1. The molecule has 86 valence electrons. The van der Waals surface area contributed by atoms with Crippen molar-refractivity contribution in [2.75, 3.05) is 19.8 Å². The van der Waals surface area contributed by atoms with Crippen LogP contribution in [0.4, 0.5) is 26.3 Å². The van der Waals surface area contributed by atoms with E-state index in [9.17, 15) is 26.3 Å². The molecule has 0 aromatic carbocycles. The second-order valence-electron chi connectivity index (χ2n) is 2.61. The summed E-state index contributed by atoms with van der Waals surface area (Å²) < 4.78 is 75.3. The Hall–Kier alpha value is -0.500. The van der Waals surface area contributed by atoms with Gasteiger partial charge in [0.1, 0.15) is 13.2 Å². The van der Waals surface area contributed by atoms with E-state index in [1.165, 1.54) is 0 Å². The zero-order chi connectivity index (χ0) is 11.4. The van der Waals surface area contributed by atoms with Crippen molar-refractivity contribution in [3.63, 3.8) is 0 Å². The number of hydrogen-bond donors (Lipinski definition) is 1. The van der Waals surface area contributed by atoms with Gasteiger partial charge >= 0.3 is 12.3 Å².